The minimum atomic E-state index is -0.0738. The normalized spacial score (nSPS) is 19.3. The number of rotatable bonds is 6. The van der Waals surface area contributed by atoms with Gasteiger partial charge < -0.3 is 10.1 Å². The van der Waals surface area contributed by atoms with E-state index in [1.54, 1.807) is 18.3 Å². The molecule has 1 N–H and O–H groups in total. The van der Waals surface area contributed by atoms with Gasteiger partial charge >= 0.3 is 0 Å². The minimum absolute atomic E-state index is 0.0738. The van der Waals surface area contributed by atoms with Crippen LogP contribution in [0.1, 0.15) is 42.5 Å². The predicted molar refractivity (Wildman–Crippen MR) is 89.6 cm³/mol. The van der Waals surface area contributed by atoms with Gasteiger partial charge in [-0.15, -0.1) is 0 Å². The first-order chi connectivity index (χ1) is 11.7. The number of carbonyl (C=O) groups is 1. The van der Waals surface area contributed by atoms with Gasteiger partial charge in [0.15, 0.2) is 0 Å². The first-order valence-electron chi connectivity index (χ1n) is 8.75. The van der Waals surface area contributed by atoms with Gasteiger partial charge in [-0.2, -0.15) is 5.26 Å². The fourth-order valence-electron chi connectivity index (χ4n) is 3.06. The van der Waals surface area contributed by atoms with Gasteiger partial charge in [-0.05, 0) is 57.2 Å². The number of hydrogen-bond acceptors (Lipinski definition) is 5. The van der Waals surface area contributed by atoms with Gasteiger partial charge in [0, 0.05) is 24.4 Å². The number of hydrogen-bond donors (Lipinski definition) is 1. The average Bonchev–Trinajstić information content (AvgIpc) is 2.58. The molecule has 0 unspecified atom stereocenters. The number of pyridine rings is 1. The summed E-state index contributed by atoms with van der Waals surface area (Å²) >= 11 is 0. The number of likely N-dealkylation sites (tertiary alicyclic amines) is 1. The van der Waals surface area contributed by atoms with Crippen molar-refractivity contribution in [1.29, 1.82) is 5.26 Å². The molecule has 1 aromatic rings. The van der Waals surface area contributed by atoms with Gasteiger partial charge in [-0.3, -0.25) is 9.69 Å². The van der Waals surface area contributed by atoms with Gasteiger partial charge in [0.1, 0.15) is 6.10 Å². The molecule has 0 atom stereocenters. The van der Waals surface area contributed by atoms with E-state index in [0.29, 0.717) is 30.5 Å². The fraction of sp³-hybridized carbons (Fsp3) is 0.611. The van der Waals surface area contributed by atoms with E-state index < -0.39 is 0 Å². The Balaban J connectivity index is 1.45. The predicted octanol–water partition coefficient (Wildman–Crippen LogP) is 1.98. The number of nitrogens with zero attached hydrogens (tertiary/aromatic N) is 3. The summed E-state index contributed by atoms with van der Waals surface area (Å²) in [4.78, 5) is 18.7. The number of ether oxygens (including phenoxy) is 1. The Bertz CT molecular complexity index is 601. The molecule has 0 radical (unpaired) electrons. The summed E-state index contributed by atoms with van der Waals surface area (Å²) in [6, 6.07) is 5.64. The molecule has 6 nitrogen and oxygen atoms in total. The third-order valence-electron chi connectivity index (χ3n) is 4.89. The average molecular weight is 328 g/mol. The molecule has 1 saturated heterocycles. The zero-order valence-electron chi connectivity index (χ0n) is 13.9. The van der Waals surface area contributed by atoms with Gasteiger partial charge in [0.05, 0.1) is 12.6 Å². The molecular formula is C18H24N4O2. The van der Waals surface area contributed by atoms with Gasteiger partial charge in [0.25, 0.3) is 5.91 Å². The van der Waals surface area contributed by atoms with Crippen LogP contribution in [0.25, 0.3) is 0 Å². The molecule has 128 valence electrons. The van der Waals surface area contributed by atoms with Crippen LogP contribution in [0.3, 0.4) is 0 Å². The van der Waals surface area contributed by atoms with Crippen molar-refractivity contribution in [1.82, 2.24) is 15.2 Å². The molecule has 3 rings (SSSR count). The van der Waals surface area contributed by atoms with Crippen LogP contribution in [0, 0.1) is 17.2 Å². The topological polar surface area (TPSA) is 78.3 Å². The van der Waals surface area contributed by atoms with Gasteiger partial charge in [-0.25, -0.2) is 4.98 Å². The molecule has 24 heavy (non-hydrogen) atoms. The number of carbonyl (C=O) groups excluding carboxylic acids is 1. The second-order valence-electron chi connectivity index (χ2n) is 6.64. The van der Waals surface area contributed by atoms with Crippen LogP contribution >= 0.6 is 0 Å². The van der Waals surface area contributed by atoms with E-state index in [4.69, 9.17) is 10.00 Å². The molecule has 1 aliphatic carbocycles. The maximum Gasteiger partial charge on any atom is 0.251 e. The molecule has 2 aliphatic rings. The number of aromatic nitrogens is 1. The Morgan fingerprint density at radius 2 is 2.17 bits per heavy atom. The van der Waals surface area contributed by atoms with Crippen LogP contribution < -0.4 is 10.1 Å². The Morgan fingerprint density at radius 3 is 2.83 bits per heavy atom. The molecule has 6 heteroatoms. The maximum absolute atomic E-state index is 12.3. The highest BCUT2D eigenvalue weighted by atomic mass is 16.5. The zero-order valence-corrected chi connectivity index (χ0v) is 13.9. The van der Waals surface area contributed by atoms with Crippen molar-refractivity contribution in [2.75, 3.05) is 26.2 Å². The largest absolute Gasteiger partial charge is 0.474 e. The van der Waals surface area contributed by atoms with Crippen LogP contribution in [0.5, 0.6) is 5.88 Å². The summed E-state index contributed by atoms with van der Waals surface area (Å²) in [7, 11) is 0. The molecule has 2 heterocycles. The molecule has 0 aromatic carbocycles. The van der Waals surface area contributed by atoms with Crippen LogP contribution in [0.15, 0.2) is 18.3 Å². The summed E-state index contributed by atoms with van der Waals surface area (Å²) in [5, 5.41) is 11.7. The molecule has 0 spiro atoms. The fourth-order valence-corrected chi connectivity index (χ4v) is 3.06. The Morgan fingerprint density at radius 1 is 1.38 bits per heavy atom. The third kappa shape index (κ3) is 4.45. The molecule has 1 aliphatic heterocycles. The van der Waals surface area contributed by atoms with E-state index in [1.807, 2.05) is 0 Å². The van der Waals surface area contributed by atoms with Crippen molar-refractivity contribution in [3.63, 3.8) is 0 Å². The second-order valence-corrected chi connectivity index (χ2v) is 6.64. The van der Waals surface area contributed by atoms with E-state index in [0.717, 1.165) is 38.8 Å². The van der Waals surface area contributed by atoms with E-state index in [-0.39, 0.29) is 12.0 Å². The van der Waals surface area contributed by atoms with Crippen molar-refractivity contribution in [2.24, 2.45) is 5.92 Å². The first kappa shape index (κ1) is 16.7. The highest BCUT2D eigenvalue weighted by molar-refractivity contribution is 5.94. The lowest BCUT2D eigenvalue weighted by molar-refractivity contribution is 0.0933. The number of amides is 1. The van der Waals surface area contributed by atoms with Crippen molar-refractivity contribution in [3.05, 3.63) is 23.9 Å². The number of nitriles is 1. The van der Waals surface area contributed by atoms with Crippen LogP contribution in [-0.2, 0) is 0 Å². The summed E-state index contributed by atoms with van der Waals surface area (Å²) in [6.07, 6.45) is 7.28. The van der Waals surface area contributed by atoms with Crippen molar-refractivity contribution < 1.29 is 9.53 Å². The van der Waals surface area contributed by atoms with E-state index >= 15 is 0 Å². The zero-order chi connectivity index (χ0) is 16.8. The standard InChI is InChI=1S/C18H24N4O2/c19-7-11-22-9-5-14(6-10-22)13-21-18(23)15-4-8-20-17(12-15)24-16-2-1-3-16/h4,8,12,14,16H,1-3,5-6,9-11,13H2,(H,21,23). The smallest absolute Gasteiger partial charge is 0.251 e. The molecular weight excluding hydrogens is 304 g/mol. The Hall–Kier alpha value is -2.13. The Kier molecular flexibility index (Phi) is 5.65. The quantitative estimate of drug-likeness (QED) is 0.808. The molecule has 1 aromatic heterocycles. The lowest BCUT2D eigenvalue weighted by Crippen LogP contribution is -2.38. The lowest BCUT2D eigenvalue weighted by atomic mass is 9.96. The minimum Gasteiger partial charge on any atom is -0.474 e. The second kappa shape index (κ2) is 8.11. The summed E-state index contributed by atoms with van der Waals surface area (Å²) in [5.74, 6) is 0.948. The van der Waals surface area contributed by atoms with Crippen molar-refractivity contribution >= 4 is 5.91 Å². The summed E-state index contributed by atoms with van der Waals surface area (Å²) < 4.78 is 5.75. The van der Waals surface area contributed by atoms with Gasteiger partial charge in [0.2, 0.25) is 5.88 Å². The molecule has 2 fully saturated rings. The summed E-state index contributed by atoms with van der Waals surface area (Å²) in [6.45, 7) is 3.05. The molecule has 0 bridgehead atoms. The monoisotopic (exact) mass is 328 g/mol. The maximum atomic E-state index is 12.3. The van der Waals surface area contributed by atoms with Crippen LogP contribution in [0.4, 0.5) is 0 Å². The van der Waals surface area contributed by atoms with E-state index in [9.17, 15) is 4.79 Å². The Labute approximate surface area is 142 Å². The lowest BCUT2D eigenvalue weighted by Gasteiger charge is -2.30. The van der Waals surface area contributed by atoms with Crippen molar-refractivity contribution in [3.8, 4) is 11.9 Å². The van der Waals surface area contributed by atoms with Crippen molar-refractivity contribution in [2.45, 2.75) is 38.2 Å². The molecule has 1 amide bonds. The third-order valence-corrected chi connectivity index (χ3v) is 4.89. The number of nitrogens with one attached hydrogen (secondary N) is 1. The highest BCUT2D eigenvalue weighted by Crippen LogP contribution is 2.24. The van der Waals surface area contributed by atoms with E-state index in [1.165, 1.54) is 6.42 Å². The highest BCUT2D eigenvalue weighted by Gasteiger charge is 2.21. The van der Waals surface area contributed by atoms with Crippen LogP contribution in [0.2, 0.25) is 0 Å². The summed E-state index contributed by atoms with van der Waals surface area (Å²) in [5.41, 5.74) is 0.598. The van der Waals surface area contributed by atoms with Crippen LogP contribution in [-0.4, -0.2) is 48.1 Å². The van der Waals surface area contributed by atoms with Gasteiger partial charge in [-0.1, -0.05) is 0 Å². The number of piperidine rings is 1. The first-order valence-corrected chi connectivity index (χ1v) is 8.75. The SMILES string of the molecule is N#CCN1CCC(CNC(=O)c2ccnc(OC3CCC3)c2)CC1. The molecule has 1 saturated carbocycles. The van der Waals surface area contributed by atoms with E-state index in [2.05, 4.69) is 21.3 Å².